The molecule has 86 valence electrons. The third-order valence-electron chi connectivity index (χ3n) is 2.89. The second-order valence-corrected chi connectivity index (χ2v) is 4.28. The van der Waals surface area contributed by atoms with Crippen LogP contribution in [0.2, 0.25) is 0 Å². The van der Waals surface area contributed by atoms with E-state index in [4.69, 9.17) is 5.73 Å². The van der Waals surface area contributed by atoms with Gasteiger partial charge in [-0.2, -0.15) is 0 Å². The Bertz CT molecular complexity index is 417. The minimum Gasteiger partial charge on any atom is -0.398 e. The smallest absolute Gasteiger partial charge is 0.256 e. The van der Waals surface area contributed by atoms with Crippen molar-refractivity contribution in [3.8, 4) is 0 Å². The highest BCUT2D eigenvalue weighted by molar-refractivity contribution is 5.99. The summed E-state index contributed by atoms with van der Waals surface area (Å²) >= 11 is 0. The monoisotopic (exact) mass is 220 g/mol. The van der Waals surface area contributed by atoms with Crippen LogP contribution in [0.3, 0.4) is 0 Å². The molecule has 16 heavy (non-hydrogen) atoms. The highest BCUT2D eigenvalue weighted by Gasteiger charge is 2.26. The molecule has 4 nitrogen and oxygen atoms in total. The zero-order chi connectivity index (χ0) is 11.7. The number of aliphatic hydroxyl groups is 1. The molecule has 0 saturated carbocycles. The Hall–Kier alpha value is -1.55. The van der Waals surface area contributed by atoms with Gasteiger partial charge in [0.05, 0.1) is 11.7 Å². The normalized spacial score (nSPS) is 20.1. The van der Waals surface area contributed by atoms with E-state index in [-0.39, 0.29) is 5.91 Å². The van der Waals surface area contributed by atoms with Crippen molar-refractivity contribution < 1.29 is 9.90 Å². The van der Waals surface area contributed by atoms with Crippen molar-refractivity contribution in [1.82, 2.24) is 4.90 Å². The number of aryl methyl sites for hydroxylation is 1. The summed E-state index contributed by atoms with van der Waals surface area (Å²) in [6.07, 6.45) is 0.257. The molecule has 1 fully saturated rings. The number of carbonyl (C=O) groups is 1. The molecule has 4 heteroatoms. The van der Waals surface area contributed by atoms with Gasteiger partial charge in [-0.05, 0) is 25.5 Å². The Kier molecular flexibility index (Phi) is 2.83. The molecule has 0 aliphatic carbocycles. The van der Waals surface area contributed by atoms with E-state index in [0.717, 1.165) is 5.56 Å². The van der Waals surface area contributed by atoms with Crippen molar-refractivity contribution in [2.75, 3.05) is 18.8 Å². The second-order valence-electron chi connectivity index (χ2n) is 4.28. The fourth-order valence-electron chi connectivity index (χ4n) is 1.95. The lowest BCUT2D eigenvalue weighted by Crippen LogP contribution is -2.30. The molecule has 1 aliphatic heterocycles. The van der Waals surface area contributed by atoms with Gasteiger partial charge < -0.3 is 15.7 Å². The minimum atomic E-state index is -0.394. The average Bonchev–Trinajstić information content (AvgIpc) is 2.67. The lowest BCUT2D eigenvalue weighted by molar-refractivity contribution is 0.0766. The maximum atomic E-state index is 12.1. The molecule has 0 bridgehead atoms. The average molecular weight is 220 g/mol. The fraction of sp³-hybridized carbons (Fsp3) is 0.417. The van der Waals surface area contributed by atoms with E-state index in [9.17, 15) is 9.90 Å². The van der Waals surface area contributed by atoms with Crippen molar-refractivity contribution in [2.24, 2.45) is 0 Å². The van der Waals surface area contributed by atoms with Crippen molar-refractivity contribution in [2.45, 2.75) is 19.4 Å². The molecule has 1 aliphatic rings. The van der Waals surface area contributed by atoms with E-state index in [1.54, 1.807) is 17.0 Å². The van der Waals surface area contributed by atoms with Gasteiger partial charge >= 0.3 is 0 Å². The number of anilines is 1. The number of nitrogen functional groups attached to an aromatic ring is 1. The SMILES string of the molecule is Cc1ccc(N)c(C(=O)N2CCC(O)C2)c1. The number of β-amino-alcohol motifs (C(OH)–C–C–N with tert-alkyl or cyclic N) is 1. The van der Waals surface area contributed by atoms with Gasteiger partial charge in [0.15, 0.2) is 0 Å². The number of likely N-dealkylation sites (tertiary alicyclic amines) is 1. The van der Waals surface area contributed by atoms with Crippen molar-refractivity contribution in [3.05, 3.63) is 29.3 Å². The molecule has 0 radical (unpaired) electrons. The number of aliphatic hydroxyl groups excluding tert-OH is 1. The minimum absolute atomic E-state index is 0.0854. The number of carbonyl (C=O) groups excluding carboxylic acids is 1. The van der Waals surface area contributed by atoms with Crippen LogP contribution < -0.4 is 5.73 Å². The quantitative estimate of drug-likeness (QED) is 0.687. The van der Waals surface area contributed by atoms with Crippen LogP contribution in [0.1, 0.15) is 22.3 Å². The van der Waals surface area contributed by atoms with Crippen LogP contribution in [0, 0.1) is 6.92 Å². The summed E-state index contributed by atoms with van der Waals surface area (Å²) in [7, 11) is 0. The Morgan fingerprint density at radius 1 is 1.56 bits per heavy atom. The molecule has 0 spiro atoms. The molecule has 1 aromatic rings. The Morgan fingerprint density at radius 2 is 2.31 bits per heavy atom. The Balaban J connectivity index is 2.23. The summed E-state index contributed by atoms with van der Waals surface area (Å²) in [5.74, 6) is -0.0854. The molecular formula is C12H16N2O2. The predicted octanol–water partition coefficient (Wildman–Crippen LogP) is 0.784. The first-order chi connectivity index (χ1) is 7.58. The molecule has 0 aromatic heterocycles. The summed E-state index contributed by atoms with van der Waals surface area (Å²) in [5.41, 5.74) is 7.83. The number of benzene rings is 1. The van der Waals surface area contributed by atoms with Gasteiger partial charge in [0.2, 0.25) is 0 Å². The van der Waals surface area contributed by atoms with Crippen molar-refractivity contribution in [1.29, 1.82) is 0 Å². The number of hydrogen-bond donors (Lipinski definition) is 2. The topological polar surface area (TPSA) is 66.6 Å². The van der Waals surface area contributed by atoms with Crippen molar-refractivity contribution in [3.63, 3.8) is 0 Å². The summed E-state index contributed by atoms with van der Waals surface area (Å²) in [6.45, 7) is 2.94. The molecule has 2 rings (SSSR count). The molecule has 1 saturated heterocycles. The Morgan fingerprint density at radius 3 is 2.94 bits per heavy atom. The van der Waals surface area contributed by atoms with Gasteiger partial charge in [0.1, 0.15) is 0 Å². The van der Waals surface area contributed by atoms with Crippen LogP contribution in [0.4, 0.5) is 5.69 Å². The van der Waals surface area contributed by atoms with Crippen LogP contribution in [0.25, 0.3) is 0 Å². The molecule has 1 atom stereocenters. The van der Waals surface area contributed by atoms with Crippen LogP contribution in [-0.2, 0) is 0 Å². The maximum absolute atomic E-state index is 12.1. The summed E-state index contributed by atoms with van der Waals surface area (Å²) in [5, 5.41) is 9.39. The summed E-state index contributed by atoms with van der Waals surface area (Å²) in [4.78, 5) is 13.7. The maximum Gasteiger partial charge on any atom is 0.256 e. The number of rotatable bonds is 1. The molecule has 3 N–H and O–H groups in total. The zero-order valence-corrected chi connectivity index (χ0v) is 9.31. The fourth-order valence-corrected chi connectivity index (χ4v) is 1.95. The standard InChI is InChI=1S/C12H16N2O2/c1-8-2-3-11(13)10(6-8)12(16)14-5-4-9(15)7-14/h2-3,6,9,15H,4-5,7,13H2,1H3. The largest absolute Gasteiger partial charge is 0.398 e. The van der Waals surface area contributed by atoms with Crippen LogP contribution in [0.15, 0.2) is 18.2 Å². The number of amides is 1. The van der Waals surface area contributed by atoms with E-state index in [0.29, 0.717) is 30.8 Å². The van der Waals surface area contributed by atoms with E-state index in [1.807, 2.05) is 13.0 Å². The predicted molar refractivity (Wildman–Crippen MR) is 62.1 cm³/mol. The van der Waals surface area contributed by atoms with E-state index >= 15 is 0 Å². The van der Waals surface area contributed by atoms with Crippen LogP contribution in [0.5, 0.6) is 0 Å². The number of hydrogen-bond acceptors (Lipinski definition) is 3. The first-order valence-electron chi connectivity index (χ1n) is 5.41. The van der Waals surface area contributed by atoms with Crippen LogP contribution >= 0.6 is 0 Å². The lowest BCUT2D eigenvalue weighted by Gasteiger charge is -2.17. The van der Waals surface area contributed by atoms with Gasteiger partial charge in [0.25, 0.3) is 5.91 Å². The third kappa shape index (κ3) is 2.02. The van der Waals surface area contributed by atoms with Gasteiger partial charge in [0, 0.05) is 18.8 Å². The third-order valence-corrected chi connectivity index (χ3v) is 2.89. The molecule has 1 unspecified atom stereocenters. The number of nitrogens with zero attached hydrogens (tertiary/aromatic N) is 1. The van der Waals surface area contributed by atoms with E-state index in [2.05, 4.69) is 0 Å². The second kappa shape index (κ2) is 4.14. The van der Waals surface area contributed by atoms with E-state index < -0.39 is 6.10 Å². The molecular weight excluding hydrogens is 204 g/mol. The first-order valence-corrected chi connectivity index (χ1v) is 5.41. The van der Waals surface area contributed by atoms with Gasteiger partial charge in [-0.25, -0.2) is 0 Å². The lowest BCUT2D eigenvalue weighted by atomic mass is 10.1. The molecule has 1 heterocycles. The van der Waals surface area contributed by atoms with E-state index in [1.165, 1.54) is 0 Å². The number of nitrogens with two attached hydrogens (primary N) is 1. The zero-order valence-electron chi connectivity index (χ0n) is 9.31. The highest BCUT2D eigenvalue weighted by Crippen LogP contribution is 2.19. The molecule has 1 aromatic carbocycles. The van der Waals surface area contributed by atoms with Gasteiger partial charge in [-0.1, -0.05) is 11.6 Å². The summed E-state index contributed by atoms with van der Waals surface area (Å²) in [6, 6.07) is 5.42. The highest BCUT2D eigenvalue weighted by atomic mass is 16.3. The van der Waals surface area contributed by atoms with Gasteiger partial charge in [-0.15, -0.1) is 0 Å². The Labute approximate surface area is 94.7 Å². The first kappa shape index (κ1) is 11.0. The van der Waals surface area contributed by atoms with Gasteiger partial charge in [-0.3, -0.25) is 4.79 Å². The van der Waals surface area contributed by atoms with Crippen LogP contribution in [-0.4, -0.2) is 35.1 Å². The van der Waals surface area contributed by atoms with Crippen molar-refractivity contribution >= 4 is 11.6 Å². The summed E-state index contributed by atoms with van der Waals surface area (Å²) < 4.78 is 0. The molecule has 1 amide bonds.